The molecule has 1 N–H and O–H groups in total. The highest BCUT2D eigenvalue weighted by atomic mass is 35.5. The number of nitrogens with zero attached hydrogens (tertiary/aromatic N) is 1. The summed E-state index contributed by atoms with van der Waals surface area (Å²) >= 11 is 6.19. The molecule has 0 spiro atoms. The van der Waals surface area contributed by atoms with Crippen LogP contribution in [0.2, 0.25) is 5.02 Å². The van der Waals surface area contributed by atoms with Gasteiger partial charge in [0.05, 0.1) is 10.7 Å². The lowest BCUT2D eigenvalue weighted by molar-refractivity contribution is 0.459. The first kappa shape index (κ1) is 14.4. The average Bonchev–Trinajstić information content (AvgIpc) is 3.32. The summed E-state index contributed by atoms with van der Waals surface area (Å²) < 4.78 is 5.84. The van der Waals surface area contributed by atoms with Gasteiger partial charge in [-0.3, -0.25) is 0 Å². The molecule has 1 saturated carbocycles. The van der Waals surface area contributed by atoms with Crippen LogP contribution in [0.4, 0.5) is 0 Å². The summed E-state index contributed by atoms with van der Waals surface area (Å²) in [6.45, 7) is 2.82. The van der Waals surface area contributed by atoms with Gasteiger partial charge in [0.25, 0.3) is 0 Å². The topological polar surface area (TPSA) is 34.1 Å². The minimum Gasteiger partial charge on any atom is -0.439 e. The number of benzene rings is 1. The zero-order chi connectivity index (χ0) is 14.7. The lowest BCUT2D eigenvalue weighted by Gasteiger charge is -2.09. The highest BCUT2D eigenvalue weighted by Gasteiger charge is 2.20. The summed E-state index contributed by atoms with van der Waals surface area (Å²) in [5, 5.41) is 4.10. The van der Waals surface area contributed by atoms with Crippen molar-refractivity contribution in [3.63, 3.8) is 0 Å². The van der Waals surface area contributed by atoms with Crippen LogP contribution in [0.15, 0.2) is 36.4 Å². The SMILES string of the molecule is CCc1cccc(Oc2ccc(Cl)c(CNC3CC3)n2)c1. The first-order chi connectivity index (χ1) is 10.2. The molecular weight excluding hydrogens is 284 g/mol. The summed E-state index contributed by atoms with van der Waals surface area (Å²) in [6.07, 6.45) is 3.48. The van der Waals surface area contributed by atoms with Gasteiger partial charge in [-0.2, -0.15) is 0 Å². The maximum Gasteiger partial charge on any atom is 0.219 e. The van der Waals surface area contributed by atoms with Crippen LogP contribution in [0.25, 0.3) is 0 Å². The Balaban J connectivity index is 1.73. The Morgan fingerprint density at radius 2 is 2.14 bits per heavy atom. The summed E-state index contributed by atoms with van der Waals surface area (Å²) in [4.78, 5) is 4.51. The van der Waals surface area contributed by atoms with E-state index in [1.165, 1.54) is 18.4 Å². The molecule has 0 bridgehead atoms. The summed E-state index contributed by atoms with van der Waals surface area (Å²) in [6, 6.07) is 12.4. The molecule has 0 radical (unpaired) electrons. The fraction of sp³-hybridized carbons (Fsp3) is 0.353. The Labute approximate surface area is 130 Å². The molecule has 1 aliphatic carbocycles. The van der Waals surface area contributed by atoms with Crippen LogP contribution in [-0.4, -0.2) is 11.0 Å². The van der Waals surface area contributed by atoms with Crippen molar-refractivity contribution in [1.82, 2.24) is 10.3 Å². The van der Waals surface area contributed by atoms with Crippen molar-refractivity contribution >= 4 is 11.6 Å². The lowest BCUT2D eigenvalue weighted by atomic mass is 10.2. The third-order valence-electron chi connectivity index (χ3n) is 3.56. The summed E-state index contributed by atoms with van der Waals surface area (Å²) in [5.74, 6) is 1.39. The average molecular weight is 303 g/mol. The van der Waals surface area contributed by atoms with Crippen molar-refractivity contribution in [2.45, 2.75) is 38.8 Å². The minimum absolute atomic E-state index is 0.584. The van der Waals surface area contributed by atoms with E-state index >= 15 is 0 Å². The van der Waals surface area contributed by atoms with Gasteiger partial charge in [-0.1, -0.05) is 30.7 Å². The number of pyridine rings is 1. The highest BCUT2D eigenvalue weighted by Crippen LogP contribution is 2.25. The molecule has 0 aliphatic heterocycles. The number of halogens is 1. The van der Waals surface area contributed by atoms with Gasteiger partial charge in [-0.15, -0.1) is 0 Å². The predicted molar refractivity (Wildman–Crippen MR) is 85.0 cm³/mol. The molecule has 1 aliphatic rings. The van der Waals surface area contributed by atoms with Crippen molar-refractivity contribution in [2.24, 2.45) is 0 Å². The van der Waals surface area contributed by atoms with E-state index in [0.29, 0.717) is 23.5 Å². The number of aryl methyl sites for hydroxylation is 1. The highest BCUT2D eigenvalue weighted by molar-refractivity contribution is 6.31. The van der Waals surface area contributed by atoms with Gasteiger partial charge in [0.15, 0.2) is 0 Å². The van der Waals surface area contributed by atoms with Crippen molar-refractivity contribution in [3.05, 3.63) is 52.7 Å². The van der Waals surface area contributed by atoms with E-state index in [2.05, 4.69) is 23.3 Å². The molecule has 3 rings (SSSR count). The van der Waals surface area contributed by atoms with Gasteiger partial charge in [0.1, 0.15) is 5.75 Å². The fourth-order valence-electron chi connectivity index (χ4n) is 2.12. The quantitative estimate of drug-likeness (QED) is 0.862. The molecule has 110 valence electrons. The van der Waals surface area contributed by atoms with Crippen LogP contribution in [0.5, 0.6) is 11.6 Å². The van der Waals surface area contributed by atoms with Crippen molar-refractivity contribution < 1.29 is 4.74 Å². The van der Waals surface area contributed by atoms with Gasteiger partial charge < -0.3 is 10.1 Å². The number of rotatable bonds is 6. The first-order valence-corrected chi connectivity index (χ1v) is 7.78. The molecule has 3 nitrogen and oxygen atoms in total. The smallest absolute Gasteiger partial charge is 0.219 e. The number of hydrogen-bond acceptors (Lipinski definition) is 3. The zero-order valence-corrected chi connectivity index (χ0v) is 12.9. The first-order valence-electron chi connectivity index (χ1n) is 7.40. The maximum absolute atomic E-state index is 6.19. The normalized spacial score (nSPS) is 14.2. The Morgan fingerprint density at radius 3 is 2.90 bits per heavy atom. The number of hydrogen-bond donors (Lipinski definition) is 1. The van der Waals surface area contributed by atoms with E-state index < -0.39 is 0 Å². The third-order valence-corrected chi connectivity index (χ3v) is 3.90. The van der Waals surface area contributed by atoms with Crippen LogP contribution >= 0.6 is 11.6 Å². The molecule has 0 saturated heterocycles. The minimum atomic E-state index is 0.584. The molecule has 0 unspecified atom stereocenters. The monoisotopic (exact) mass is 302 g/mol. The number of aromatic nitrogens is 1. The van der Waals surface area contributed by atoms with Crippen LogP contribution < -0.4 is 10.1 Å². The van der Waals surface area contributed by atoms with Crippen molar-refractivity contribution in [2.75, 3.05) is 0 Å². The van der Waals surface area contributed by atoms with Crippen LogP contribution in [0.1, 0.15) is 31.0 Å². The molecule has 0 amide bonds. The van der Waals surface area contributed by atoms with Gasteiger partial charge >= 0.3 is 0 Å². The Kier molecular flexibility index (Phi) is 4.42. The standard InChI is InChI=1S/C17H19ClN2O/c1-2-12-4-3-5-14(10-12)21-17-9-8-15(18)16(20-17)11-19-13-6-7-13/h3-5,8-10,13,19H,2,6-7,11H2,1H3. The van der Waals surface area contributed by atoms with E-state index in [9.17, 15) is 0 Å². The molecule has 0 atom stereocenters. The molecule has 1 aromatic carbocycles. The van der Waals surface area contributed by atoms with Gasteiger partial charge in [-0.25, -0.2) is 4.98 Å². The van der Waals surface area contributed by atoms with Crippen molar-refractivity contribution in [3.8, 4) is 11.6 Å². The van der Waals surface area contributed by atoms with Crippen molar-refractivity contribution in [1.29, 1.82) is 0 Å². The summed E-state index contributed by atoms with van der Waals surface area (Å²) in [5.41, 5.74) is 2.09. The predicted octanol–water partition coefficient (Wildman–Crippen LogP) is 4.34. The van der Waals surface area contributed by atoms with E-state index in [1.807, 2.05) is 30.3 Å². The molecule has 1 fully saturated rings. The second-order valence-corrected chi connectivity index (χ2v) is 5.74. The van der Waals surface area contributed by atoms with E-state index in [0.717, 1.165) is 17.9 Å². The van der Waals surface area contributed by atoms with E-state index in [1.54, 1.807) is 0 Å². The molecule has 1 aromatic heterocycles. The third kappa shape index (κ3) is 3.96. The Bertz CT molecular complexity index is 626. The molecule has 2 aromatic rings. The second-order valence-electron chi connectivity index (χ2n) is 5.34. The zero-order valence-electron chi connectivity index (χ0n) is 12.1. The Hall–Kier alpha value is -1.58. The van der Waals surface area contributed by atoms with Crippen LogP contribution in [0.3, 0.4) is 0 Å². The Morgan fingerprint density at radius 1 is 1.29 bits per heavy atom. The molecule has 1 heterocycles. The van der Waals surface area contributed by atoms with E-state index in [4.69, 9.17) is 16.3 Å². The van der Waals surface area contributed by atoms with Gasteiger partial charge in [0, 0.05) is 18.7 Å². The molecule has 4 heteroatoms. The fourth-order valence-corrected chi connectivity index (χ4v) is 2.30. The number of nitrogens with one attached hydrogen (secondary N) is 1. The lowest BCUT2D eigenvalue weighted by Crippen LogP contribution is -2.16. The van der Waals surface area contributed by atoms with Gasteiger partial charge in [0.2, 0.25) is 5.88 Å². The maximum atomic E-state index is 6.19. The second kappa shape index (κ2) is 6.46. The summed E-state index contributed by atoms with van der Waals surface area (Å²) in [7, 11) is 0. The largest absolute Gasteiger partial charge is 0.439 e. The molecule has 21 heavy (non-hydrogen) atoms. The van der Waals surface area contributed by atoms with Crippen LogP contribution in [-0.2, 0) is 13.0 Å². The van der Waals surface area contributed by atoms with E-state index in [-0.39, 0.29) is 0 Å². The molecular formula is C17H19ClN2O. The van der Waals surface area contributed by atoms with Crippen LogP contribution in [0, 0.1) is 0 Å². The van der Waals surface area contributed by atoms with Gasteiger partial charge in [-0.05, 0) is 43.0 Å². The number of ether oxygens (including phenoxy) is 1.